The van der Waals surface area contributed by atoms with E-state index in [0.717, 1.165) is 5.75 Å². The number of aliphatic carboxylic acids is 1. The van der Waals surface area contributed by atoms with Crippen LogP contribution < -0.4 is 5.32 Å². The van der Waals surface area contributed by atoms with Crippen LogP contribution in [-0.4, -0.2) is 52.1 Å². The van der Waals surface area contributed by atoms with E-state index in [0.29, 0.717) is 24.8 Å². The summed E-state index contributed by atoms with van der Waals surface area (Å²) in [5.74, 6) is 0.190. The van der Waals surface area contributed by atoms with E-state index in [1.807, 2.05) is 25.6 Å². The minimum Gasteiger partial charge on any atom is -0.480 e. The number of amides is 2. The molecule has 0 radical (unpaired) electrons. The van der Waals surface area contributed by atoms with E-state index in [1.165, 1.54) is 0 Å². The first-order valence-electron chi connectivity index (χ1n) is 6.30. The highest BCUT2D eigenvalue weighted by atomic mass is 32.2. The molecule has 18 heavy (non-hydrogen) atoms. The highest BCUT2D eigenvalue weighted by Crippen LogP contribution is 2.17. The predicted octanol–water partition coefficient (Wildman–Crippen LogP) is 1.63. The summed E-state index contributed by atoms with van der Waals surface area (Å²) in [5.41, 5.74) is 0. The summed E-state index contributed by atoms with van der Waals surface area (Å²) in [6.07, 6.45) is 0.458. The number of thioether (sulfide) groups is 1. The topological polar surface area (TPSA) is 69.6 Å². The minimum absolute atomic E-state index is 0.238. The summed E-state index contributed by atoms with van der Waals surface area (Å²) in [6, 6.07) is -1.04. The molecule has 0 aromatic carbocycles. The van der Waals surface area contributed by atoms with E-state index in [4.69, 9.17) is 5.11 Å². The van der Waals surface area contributed by atoms with Crippen molar-refractivity contribution in [1.29, 1.82) is 0 Å². The number of carboxylic acids is 1. The molecule has 0 aliphatic carbocycles. The molecule has 0 aromatic rings. The fourth-order valence-corrected chi connectivity index (χ4v) is 2.95. The highest BCUT2D eigenvalue weighted by molar-refractivity contribution is 7.99. The average molecular weight is 274 g/mol. The molecular weight excluding hydrogens is 252 g/mol. The zero-order valence-electron chi connectivity index (χ0n) is 11.2. The number of carboxylic acid groups (broad SMARTS) is 1. The number of hydrogen-bond donors (Lipinski definition) is 2. The average Bonchev–Trinajstić information content (AvgIpc) is 2.27. The Hall–Kier alpha value is -0.910. The van der Waals surface area contributed by atoms with Gasteiger partial charge in [0.25, 0.3) is 0 Å². The van der Waals surface area contributed by atoms with Crippen LogP contribution in [0.2, 0.25) is 0 Å². The number of carbonyl (C=O) groups excluding carboxylic acids is 1. The summed E-state index contributed by atoms with van der Waals surface area (Å²) >= 11 is 1.84. The van der Waals surface area contributed by atoms with Gasteiger partial charge in [-0.15, -0.1) is 0 Å². The summed E-state index contributed by atoms with van der Waals surface area (Å²) in [4.78, 5) is 24.8. The first kappa shape index (κ1) is 15.1. The predicted molar refractivity (Wildman–Crippen MR) is 72.9 cm³/mol. The van der Waals surface area contributed by atoms with Gasteiger partial charge in [0.1, 0.15) is 6.04 Å². The van der Waals surface area contributed by atoms with Gasteiger partial charge in [-0.05, 0) is 12.3 Å². The number of urea groups is 1. The lowest BCUT2D eigenvalue weighted by molar-refractivity contribution is -0.139. The molecule has 1 unspecified atom stereocenters. The number of nitrogens with zero attached hydrogens (tertiary/aromatic N) is 1. The third-order valence-electron chi connectivity index (χ3n) is 2.83. The van der Waals surface area contributed by atoms with Crippen molar-refractivity contribution in [3.8, 4) is 0 Å². The molecule has 2 N–H and O–H groups in total. The van der Waals surface area contributed by atoms with E-state index in [1.54, 1.807) is 4.90 Å². The molecule has 1 fully saturated rings. The van der Waals surface area contributed by atoms with Crippen LogP contribution in [0, 0.1) is 5.92 Å². The fourth-order valence-electron chi connectivity index (χ4n) is 1.94. The zero-order valence-corrected chi connectivity index (χ0v) is 12.0. The van der Waals surface area contributed by atoms with Crippen LogP contribution in [-0.2, 0) is 4.79 Å². The largest absolute Gasteiger partial charge is 0.480 e. The Morgan fingerprint density at radius 1 is 1.50 bits per heavy atom. The summed E-state index contributed by atoms with van der Waals surface area (Å²) in [7, 11) is 0. The van der Waals surface area contributed by atoms with Gasteiger partial charge in [-0.3, -0.25) is 0 Å². The first-order valence-corrected chi connectivity index (χ1v) is 7.35. The Bertz CT molecular complexity index is 310. The maximum Gasteiger partial charge on any atom is 0.326 e. The second-order valence-electron chi connectivity index (χ2n) is 5.10. The fraction of sp³-hybridized carbons (Fsp3) is 0.833. The molecule has 2 amide bonds. The molecule has 104 valence electrons. The molecule has 5 nitrogen and oxygen atoms in total. The van der Waals surface area contributed by atoms with Crippen LogP contribution in [0.4, 0.5) is 4.79 Å². The third-order valence-corrected chi connectivity index (χ3v) is 3.97. The van der Waals surface area contributed by atoms with Gasteiger partial charge in [0.15, 0.2) is 0 Å². The molecule has 0 saturated carbocycles. The van der Waals surface area contributed by atoms with E-state index in [-0.39, 0.29) is 11.9 Å². The minimum atomic E-state index is -0.962. The normalized spacial score (nSPS) is 21.8. The number of hydrogen-bond acceptors (Lipinski definition) is 3. The van der Waals surface area contributed by atoms with Crippen LogP contribution in [0.15, 0.2) is 0 Å². The lowest BCUT2D eigenvalue weighted by Gasteiger charge is -2.31. The molecule has 2 atom stereocenters. The maximum absolute atomic E-state index is 12.0. The van der Waals surface area contributed by atoms with Gasteiger partial charge in [-0.25, -0.2) is 9.59 Å². The van der Waals surface area contributed by atoms with E-state index < -0.39 is 12.0 Å². The van der Waals surface area contributed by atoms with Gasteiger partial charge >= 0.3 is 12.0 Å². The van der Waals surface area contributed by atoms with Gasteiger partial charge in [0, 0.05) is 24.1 Å². The number of carbonyl (C=O) groups is 2. The standard InChI is InChI=1S/C12H22N2O3S/c1-8(2)6-10(11(15)16)13-12(17)14-4-5-18-9(3)7-14/h8-10H,4-7H2,1-3H3,(H,13,17)(H,15,16)/t9?,10-/m1/s1. The van der Waals surface area contributed by atoms with Crippen molar-refractivity contribution in [2.75, 3.05) is 18.8 Å². The van der Waals surface area contributed by atoms with E-state index in [9.17, 15) is 9.59 Å². The summed E-state index contributed by atoms with van der Waals surface area (Å²) < 4.78 is 0. The van der Waals surface area contributed by atoms with Gasteiger partial charge in [0.2, 0.25) is 0 Å². The molecule has 1 rings (SSSR count). The van der Waals surface area contributed by atoms with E-state index in [2.05, 4.69) is 12.2 Å². The van der Waals surface area contributed by atoms with Crippen LogP contribution in [0.25, 0.3) is 0 Å². The van der Waals surface area contributed by atoms with Crippen molar-refractivity contribution in [2.45, 2.75) is 38.5 Å². The van der Waals surface area contributed by atoms with Gasteiger partial charge in [-0.1, -0.05) is 20.8 Å². The highest BCUT2D eigenvalue weighted by Gasteiger charge is 2.26. The number of rotatable bonds is 4. The SMILES string of the molecule is CC(C)C[C@@H](NC(=O)N1CCSC(C)C1)C(=O)O. The number of nitrogens with one attached hydrogen (secondary N) is 1. The molecule has 6 heteroatoms. The van der Waals surface area contributed by atoms with Gasteiger partial charge in [0.05, 0.1) is 0 Å². The lowest BCUT2D eigenvalue weighted by Crippen LogP contribution is -2.51. The Morgan fingerprint density at radius 2 is 2.17 bits per heavy atom. The maximum atomic E-state index is 12.0. The molecule has 1 aliphatic heterocycles. The second-order valence-corrected chi connectivity index (χ2v) is 6.64. The van der Waals surface area contributed by atoms with Crippen LogP contribution in [0.1, 0.15) is 27.2 Å². The Labute approximate surface area is 112 Å². The van der Waals surface area contributed by atoms with Crippen LogP contribution >= 0.6 is 11.8 Å². The smallest absolute Gasteiger partial charge is 0.326 e. The van der Waals surface area contributed by atoms with Crippen molar-refractivity contribution >= 4 is 23.8 Å². The lowest BCUT2D eigenvalue weighted by atomic mass is 10.0. The molecule has 1 aliphatic rings. The Kier molecular flexibility index (Phi) is 5.78. The van der Waals surface area contributed by atoms with E-state index >= 15 is 0 Å². The second kappa shape index (κ2) is 6.87. The molecule has 0 spiro atoms. The third kappa shape index (κ3) is 4.76. The van der Waals surface area contributed by atoms with Crippen LogP contribution in [0.5, 0.6) is 0 Å². The molecular formula is C12H22N2O3S. The Balaban J connectivity index is 2.52. The van der Waals surface area contributed by atoms with Gasteiger partial charge in [-0.2, -0.15) is 11.8 Å². The monoisotopic (exact) mass is 274 g/mol. The first-order chi connectivity index (χ1) is 8.40. The van der Waals surface area contributed by atoms with Crippen LogP contribution in [0.3, 0.4) is 0 Å². The zero-order chi connectivity index (χ0) is 13.7. The molecule has 0 aromatic heterocycles. The molecule has 1 saturated heterocycles. The summed E-state index contributed by atoms with van der Waals surface area (Å²) in [5, 5.41) is 12.1. The quantitative estimate of drug-likeness (QED) is 0.817. The van der Waals surface area contributed by atoms with Crippen molar-refractivity contribution < 1.29 is 14.7 Å². The van der Waals surface area contributed by atoms with Crippen molar-refractivity contribution in [1.82, 2.24) is 10.2 Å². The van der Waals surface area contributed by atoms with Crippen molar-refractivity contribution in [3.63, 3.8) is 0 Å². The van der Waals surface area contributed by atoms with Crippen molar-refractivity contribution in [3.05, 3.63) is 0 Å². The van der Waals surface area contributed by atoms with Gasteiger partial charge < -0.3 is 15.3 Å². The molecule has 0 bridgehead atoms. The molecule has 1 heterocycles. The van der Waals surface area contributed by atoms with Crippen molar-refractivity contribution in [2.24, 2.45) is 5.92 Å². The summed E-state index contributed by atoms with van der Waals surface area (Å²) in [6.45, 7) is 7.34. The Morgan fingerprint density at radius 3 is 2.67 bits per heavy atom.